The summed E-state index contributed by atoms with van der Waals surface area (Å²) >= 11 is 0. The van der Waals surface area contributed by atoms with E-state index in [1.54, 1.807) is 0 Å². The molecule has 1 saturated heterocycles. The fourth-order valence-electron chi connectivity index (χ4n) is 1.24. The number of carbonyl (C=O) groups excluding carboxylic acids is 2. The number of aliphatic hydroxyl groups excluding tert-OH is 1. The van der Waals surface area contributed by atoms with Gasteiger partial charge in [0.2, 0.25) is 11.8 Å². The van der Waals surface area contributed by atoms with Crippen LogP contribution in [0.3, 0.4) is 0 Å². The van der Waals surface area contributed by atoms with E-state index in [2.05, 4.69) is 10.6 Å². The molecule has 1 heterocycles. The van der Waals surface area contributed by atoms with Gasteiger partial charge >= 0.3 is 0 Å². The van der Waals surface area contributed by atoms with Gasteiger partial charge in [-0.15, -0.1) is 0 Å². The number of amides is 2. The summed E-state index contributed by atoms with van der Waals surface area (Å²) in [5.41, 5.74) is 0. The zero-order valence-corrected chi connectivity index (χ0v) is 7.70. The van der Waals surface area contributed by atoms with Gasteiger partial charge in [-0.1, -0.05) is 13.8 Å². The van der Waals surface area contributed by atoms with Gasteiger partial charge in [0.05, 0.1) is 6.61 Å². The maximum absolute atomic E-state index is 11.3. The Morgan fingerprint density at radius 3 is 2.38 bits per heavy atom. The summed E-state index contributed by atoms with van der Waals surface area (Å²) in [7, 11) is 0. The van der Waals surface area contributed by atoms with Crippen LogP contribution in [0.2, 0.25) is 0 Å². The lowest BCUT2D eigenvalue weighted by atomic mass is 10.00. The van der Waals surface area contributed by atoms with E-state index in [1.807, 2.05) is 13.8 Å². The van der Waals surface area contributed by atoms with Gasteiger partial charge in [0.1, 0.15) is 12.1 Å². The number of hydrogen-bond acceptors (Lipinski definition) is 3. The summed E-state index contributed by atoms with van der Waals surface area (Å²) in [6.07, 6.45) is 0. The van der Waals surface area contributed by atoms with Crippen molar-refractivity contribution in [1.82, 2.24) is 10.6 Å². The van der Waals surface area contributed by atoms with Crippen molar-refractivity contribution in [2.75, 3.05) is 6.61 Å². The van der Waals surface area contributed by atoms with Crippen LogP contribution in [-0.4, -0.2) is 35.6 Å². The molecule has 2 atom stereocenters. The average molecular weight is 186 g/mol. The number of nitrogens with one attached hydrogen (secondary N) is 2. The van der Waals surface area contributed by atoms with Crippen LogP contribution in [0, 0.1) is 5.92 Å². The second kappa shape index (κ2) is 3.74. The van der Waals surface area contributed by atoms with Crippen molar-refractivity contribution in [1.29, 1.82) is 0 Å². The quantitative estimate of drug-likeness (QED) is 0.497. The van der Waals surface area contributed by atoms with E-state index in [0.29, 0.717) is 0 Å². The highest BCUT2D eigenvalue weighted by Crippen LogP contribution is 2.06. The van der Waals surface area contributed by atoms with E-state index in [0.717, 1.165) is 0 Å². The third-order valence-electron chi connectivity index (χ3n) is 2.06. The summed E-state index contributed by atoms with van der Waals surface area (Å²) in [6, 6.07) is -1.27. The molecule has 0 aromatic rings. The first-order chi connectivity index (χ1) is 6.06. The fourth-order valence-corrected chi connectivity index (χ4v) is 1.24. The Morgan fingerprint density at radius 1 is 1.31 bits per heavy atom. The number of carbonyl (C=O) groups is 2. The lowest BCUT2D eigenvalue weighted by Crippen LogP contribution is -2.64. The Bertz CT molecular complexity index is 227. The normalized spacial score (nSPS) is 28.6. The van der Waals surface area contributed by atoms with Crippen molar-refractivity contribution < 1.29 is 14.7 Å². The minimum Gasteiger partial charge on any atom is -0.394 e. The highest BCUT2D eigenvalue weighted by molar-refractivity contribution is 5.97. The second-order valence-corrected chi connectivity index (χ2v) is 3.47. The van der Waals surface area contributed by atoms with E-state index >= 15 is 0 Å². The van der Waals surface area contributed by atoms with Crippen LogP contribution in [0.4, 0.5) is 0 Å². The molecular weight excluding hydrogens is 172 g/mol. The number of rotatable bonds is 2. The summed E-state index contributed by atoms with van der Waals surface area (Å²) in [4.78, 5) is 22.5. The molecule has 5 nitrogen and oxygen atoms in total. The number of hydrogen-bond donors (Lipinski definition) is 3. The van der Waals surface area contributed by atoms with Gasteiger partial charge in [-0.25, -0.2) is 0 Å². The third-order valence-corrected chi connectivity index (χ3v) is 2.06. The van der Waals surface area contributed by atoms with E-state index in [1.165, 1.54) is 0 Å². The Kier molecular flexibility index (Phi) is 2.87. The van der Waals surface area contributed by atoms with Crippen LogP contribution in [-0.2, 0) is 9.59 Å². The van der Waals surface area contributed by atoms with Crippen LogP contribution >= 0.6 is 0 Å². The molecule has 0 saturated carbocycles. The molecule has 1 rings (SSSR count). The molecule has 5 heteroatoms. The third kappa shape index (κ3) is 1.98. The monoisotopic (exact) mass is 186 g/mol. The van der Waals surface area contributed by atoms with Crippen LogP contribution < -0.4 is 10.6 Å². The van der Waals surface area contributed by atoms with Gasteiger partial charge in [-0.2, -0.15) is 0 Å². The highest BCUT2D eigenvalue weighted by atomic mass is 16.3. The first-order valence-electron chi connectivity index (χ1n) is 4.28. The minimum atomic E-state index is -0.789. The van der Waals surface area contributed by atoms with Gasteiger partial charge in [0.25, 0.3) is 0 Å². The van der Waals surface area contributed by atoms with Gasteiger partial charge in [0.15, 0.2) is 0 Å². The van der Waals surface area contributed by atoms with Crippen molar-refractivity contribution in [2.24, 2.45) is 5.92 Å². The maximum atomic E-state index is 11.3. The molecule has 0 aliphatic carbocycles. The Hall–Kier alpha value is -1.10. The lowest BCUT2D eigenvalue weighted by Gasteiger charge is -2.30. The zero-order chi connectivity index (χ0) is 10.0. The fraction of sp³-hybridized carbons (Fsp3) is 0.750. The molecule has 0 spiro atoms. The molecule has 1 aliphatic heterocycles. The largest absolute Gasteiger partial charge is 0.394 e. The van der Waals surface area contributed by atoms with Gasteiger partial charge in [-0.3, -0.25) is 9.59 Å². The smallest absolute Gasteiger partial charge is 0.245 e. The number of piperazine rings is 1. The Morgan fingerprint density at radius 2 is 1.92 bits per heavy atom. The van der Waals surface area contributed by atoms with E-state index in [9.17, 15) is 9.59 Å². The van der Waals surface area contributed by atoms with Crippen LogP contribution in [0.1, 0.15) is 13.8 Å². The van der Waals surface area contributed by atoms with Crippen molar-refractivity contribution in [3.05, 3.63) is 0 Å². The summed E-state index contributed by atoms with van der Waals surface area (Å²) in [5.74, 6) is -0.488. The van der Waals surface area contributed by atoms with E-state index < -0.39 is 12.1 Å². The predicted octanol–water partition coefficient (Wildman–Crippen LogP) is -1.38. The van der Waals surface area contributed by atoms with Crippen LogP contribution in [0.25, 0.3) is 0 Å². The van der Waals surface area contributed by atoms with Crippen LogP contribution in [0.15, 0.2) is 0 Å². The van der Waals surface area contributed by atoms with Crippen molar-refractivity contribution >= 4 is 11.8 Å². The topological polar surface area (TPSA) is 78.4 Å². The predicted molar refractivity (Wildman–Crippen MR) is 45.8 cm³/mol. The molecule has 74 valence electrons. The van der Waals surface area contributed by atoms with Gasteiger partial charge in [0, 0.05) is 0 Å². The minimum absolute atomic E-state index is 0.0589. The molecule has 13 heavy (non-hydrogen) atoms. The van der Waals surface area contributed by atoms with Gasteiger partial charge in [-0.05, 0) is 5.92 Å². The Labute approximate surface area is 76.5 Å². The van der Waals surface area contributed by atoms with Crippen LogP contribution in [0.5, 0.6) is 0 Å². The molecular formula is C8H14N2O3. The molecule has 1 aliphatic rings. The second-order valence-electron chi connectivity index (χ2n) is 3.47. The molecule has 1 fully saturated rings. The molecule has 0 unspecified atom stereocenters. The summed E-state index contributed by atoms with van der Waals surface area (Å²) < 4.78 is 0. The highest BCUT2D eigenvalue weighted by Gasteiger charge is 2.34. The average Bonchev–Trinajstić information content (AvgIpc) is 2.07. The first-order valence-corrected chi connectivity index (χ1v) is 4.28. The molecule has 0 bridgehead atoms. The van der Waals surface area contributed by atoms with Crippen molar-refractivity contribution in [3.63, 3.8) is 0 Å². The maximum Gasteiger partial charge on any atom is 0.245 e. The van der Waals surface area contributed by atoms with E-state index in [-0.39, 0.29) is 24.3 Å². The molecule has 0 aromatic heterocycles. The summed E-state index contributed by atoms with van der Waals surface area (Å²) in [6.45, 7) is 3.34. The SMILES string of the molecule is CC(C)[C@@H]1NC(=O)[C@@H](CO)NC1=O. The van der Waals surface area contributed by atoms with Gasteiger partial charge < -0.3 is 15.7 Å². The standard InChI is InChI=1S/C8H14N2O3/c1-4(2)6-8(13)9-5(3-11)7(12)10-6/h4-6,11H,3H2,1-2H3,(H,9,13)(H,10,12)/t5-,6+/m1/s1. The molecule has 0 radical (unpaired) electrons. The summed E-state index contributed by atoms with van der Waals surface area (Å²) in [5, 5.41) is 13.7. The zero-order valence-electron chi connectivity index (χ0n) is 7.70. The Balaban J connectivity index is 2.67. The molecule has 2 amide bonds. The molecule has 3 N–H and O–H groups in total. The van der Waals surface area contributed by atoms with Crippen molar-refractivity contribution in [3.8, 4) is 0 Å². The molecule has 0 aromatic carbocycles. The first kappa shape index (κ1) is 9.98. The van der Waals surface area contributed by atoms with E-state index in [4.69, 9.17) is 5.11 Å². The lowest BCUT2D eigenvalue weighted by molar-refractivity contribution is -0.138. The van der Waals surface area contributed by atoms with Crippen molar-refractivity contribution in [2.45, 2.75) is 25.9 Å². The number of aliphatic hydroxyl groups is 1.